The Morgan fingerprint density at radius 1 is 0.931 bits per heavy atom. The minimum atomic E-state index is -3.73. The van der Waals surface area contributed by atoms with Gasteiger partial charge in [0.25, 0.3) is 11.8 Å². The Labute approximate surface area is 168 Å². The minimum absolute atomic E-state index is 0.0790. The smallest absolute Gasteiger partial charge is 0.307 e. The van der Waals surface area contributed by atoms with Gasteiger partial charge in [0.05, 0.1) is 11.3 Å². The standard InChI is InChI=1S/C19H21N3O6S/c1-14(18(24)21-22-19(25)15-8-4-2-5-9-15)28-17(23)12-13-20-29(26,27)16-10-6-3-7-11-16/h2-11,14,20H,12-13H2,1H3,(H,21,24)(H,22,25)/t14-/m0/s1. The summed E-state index contributed by atoms with van der Waals surface area (Å²) in [6.07, 6.45) is -1.44. The fraction of sp³-hybridized carbons (Fsp3) is 0.211. The Balaban J connectivity index is 1.72. The monoisotopic (exact) mass is 419 g/mol. The van der Waals surface area contributed by atoms with Crippen LogP contribution in [0.2, 0.25) is 0 Å². The molecule has 2 rings (SSSR count). The van der Waals surface area contributed by atoms with E-state index in [0.29, 0.717) is 5.56 Å². The quantitative estimate of drug-likeness (QED) is 0.427. The maximum atomic E-state index is 12.0. The summed E-state index contributed by atoms with van der Waals surface area (Å²) in [6, 6.07) is 15.9. The predicted molar refractivity (Wildman–Crippen MR) is 104 cm³/mol. The number of carbonyl (C=O) groups excluding carboxylic acids is 3. The Kier molecular flexibility index (Phi) is 7.87. The van der Waals surface area contributed by atoms with E-state index >= 15 is 0 Å². The lowest BCUT2D eigenvalue weighted by atomic mass is 10.2. The van der Waals surface area contributed by atoms with Gasteiger partial charge in [0.2, 0.25) is 10.0 Å². The molecule has 0 fully saturated rings. The summed E-state index contributed by atoms with van der Waals surface area (Å²) in [7, 11) is -3.73. The second kappa shape index (κ2) is 10.3. The molecule has 0 spiro atoms. The van der Waals surface area contributed by atoms with Crippen LogP contribution in [0.3, 0.4) is 0 Å². The summed E-state index contributed by atoms with van der Waals surface area (Å²) >= 11 is 0. The third-order valence-corrected chi connectivity index (χ3v) is 5.16. The number of rotatable bonds is 8. The van der Waals surface area contributed by atoms with Gasteiger partial charge in [0.1, 0.15) is 0 Å². The molecule has 10 heteroatoms. The summed E-state index contributed by atoms with van der Waals surface area (Å²) in [5, 5.41) is 0. The van der Waals surface area contributed by atoms with Crippen LogP contribution < -0.4 is 15.6 Å². The van der Waals surface area contributed by atoms with Crippen LogP contribution in [-0.4, -0.2) is 38.9 Å². The molecule has 0 aliphatic rings. The van der Waals surface area contributed by atoms with E-state index in [0.717, 1.165) is 0 Å². The molecule has 0 heterocycles. The van der Waals surface area contributed by atoms with Crippen molar-refractivity contribution in [1.29, 1.82) is 0 Å². The highest BCUT2D eigenvalue weighted by Gasteiger charge is 2.19. The SMILES string of the molecule is C[C@H](OC(=O)CCNS(=O)(=O)c1ccccc1)C(=O)NNC(=O)c1ccccc1. The number of hydrogen-bond acceptors (Lipinski definition) is 6. The summed E-state index contributed by atoms with van der Waals surface area (Å²) in [5.74, 6) is -2.02. The van der Waals surface area contributed by atoms with E-state index < -0.39 is 33.9 Å². The van der Waals surface area contributed by atoms with Crippen molar-refractivity contribution in [3.8, 4) is 0 Å². The van der Waals surface area contributed by atoms with E-state index in [1.54, 1.807) is 48.5 Å². The number of benzene rings is 2. The molecule has 0 unspecified atom stereocenters. The van der Waals surface area contributed by atoms with Gasteiger partial charge >= 0.3 is 5.97 Å². The van der Waals surface area contributed by atoms with Crippen LogP contribution in [0.25, 0.3) is 0 Å². The van der Waals surface area contributed by atoms with Gasteiger partial charge in [0.15, 0.2) is 6.10 Å². The average molecular weight is 419 g/mol. The maximum absolute atomic E-state index is 12.0. The number of carbonyl (C=O) groups is 3. The van der Waals surface area contributed by atoms with Gasteiger partial charge < -0.3 is 4.74 Å². The van der Waals surface area contributed by atoms with Gasteiger partial charge in [-0.15, -0.1) is 0 Å². The Bertz CT molecular complexity index is 948. The van der Waals surface area contributed by atoms with Crippen molar-refractivity contribution in [1.82, 2.24) is 15.6 Å². The molecule has 0 saturated carbocycles. The van der Waals surface area contributed by atoms with Gasteiger partial charge in [-0.05, 0) is 31.2 Å². The molecule has 0 aromatic heterocycles. The molecular formula is C19H21N3O6S. The fourth-order valence-electron chi connectivity index (χ4n) is 2.16. The van der Waals surface area contributed by atoms with E-state index in [1.165, 1.54) is 19.1 Å². The molecule has 0 aliphatic carbocycles. The van der Waals surface area contributed by atoms with E-state index in [1.807, 2.05) is 0 Å². The fourth-order valence-corrected chi connectivity index (χ4v) is 3.21. The molecule has 2 aromatic rings. The summed E-state index contributed by atoms with van der Waals surface area (Å²) < 4.78 is 31.3. The second-order valence-corrected chi connectivity index (χ2v) is 7.67. The first-order chi connectivity index (χ1) is 13.8. The molecule has 1 atom stereocenters. The lowest BCUT2D eigenvalue weighted by Gasteiger charge is -2.14. The first-order valence-electron chi connectivity index (χ1n) is 8.69. The number of amides is 2. The topological polar surface area (TPSA) is 131 Å². The Morgan fingerprint density at radius 3 is 2.14 bits per heavy atom. The van der Waals surface area contributed by atoms with Crippen molar-refractivity contribution in [3.63, 3.8) is 0 Å². The second-order valence-electron chi connectivity index (χ2n) is 5.90. The third-order valence-electron chi connectivity index (χ3n) is 3.69. The molecule has 0 bridgehead atoms. The van der Waals surface area contributed by atoms with Crippen LogP contribution in [0.1, 0.15) is 23.7 Å². The number of nitrogens with one attached hydrogen (secondary N) is 3. The normalized spacial score (nSPS) is 11.9. The highest BCUT2D eigenvalue weighted by molar-refractivity contribution is 7.89. The van der Waals surface area contributed by atoms with E-state index in [2.05, 4.69) is 15.6 Å². The van der Waals surface area contributed by atoms with Gasteiger partial charge in [-0.2, -0.15) is 0 Å². The van der Waals surface area contributed by atoms with Crippen molar-refractivity contribution >= 4 is 27.8 Å². The van der Waals surface area contributed by atoms with Gasteiger partial charge in [-0.1, -0.05) is 36.4 Å². The van der Waals surface area contributed by atoms with Crippen molar-refractivity contribution in [2.75, 3.05) is 6.54 Å². The lowest BCUT2D eigenvalue weighted by Crippen LogP contribution is -2.46. The zero-order valence-electron chi connectivity index (χ0n) is 15.6. The van der Waals surface area contributed by atoms with Gasteiger partial charge in [-0.25, -0.2) is 13.1 Å². The average Bonchev–Trinajstić information content (AvgIpc) is 2.72. The maximum Gasteiger partial charge on any atom is 0.307 e. The minimum Gasteiger partial charge on any atom is -0.452 e. The van der Waals surface area contributed by atoms with Crippen LogP contribution in [0, 0.1) is 0 Å². The highest BCUT2D eigenvalue weighted by Crippen LogP contribution is 2.07. The number of ether oxygens (including phenoxy) is 1. The Hall–Kier alpha value is -3.24. The largest absolute Gasteiger partial charge is 0.452 e. The molecular weight excluding hydrogens is 398 g/mol. The first kappa shape index (κ1) is 22.1. The zero-order valence-corrected chi connectivity index (χ0v) is 16.4. The van der Waals surface area contributed by atoms with Crippen molar-refractivity contribution in [2.45, 2.75) is 24.3 Å². The van der Waals surface area contributed by atoms with Gasteiger partial charge in [-0.3, -0.25) is 25.2 Å². The van der Waals surface area contributed by atoms with Crippen LogP contribution >= 0.6 is 0 Å². The van der Waals surface area contributed by atoms with Crippen molar-refractivity contribution in [3.05, 3.63) is 66.2 Å². The molecule has 2 amide bonds. The predicted octanol–water partition coefficient (Wildman–Crippen LogP) is 0.748. The summed E-state index contributed by atoms with van der Waals surface area (Å²) in [6.45, 7) is 1.14. The molecule has 3 N–H and O–H groups in total. The molecule has 154 valence electrons. The summed E-state index contributed by atoms with van der Waals surface area (Å²) in [4.78, 5) is 35.7. The number of hydrogen-bond donors (Lipinski definition) is 3. The molecule has 0 radical (unpaired) electrons. The Morgan fingerprint density at radius 2 is 1.52 bits per heavy atom. The van der Waals surface area contributed by atoms with Crippen LogP contribution in [-0.2, 0) is 24.3 Å². The van der Waals surface area contributed by atoms with Crippen LogP contribution in [0.5, 0.6) is 0 Å². The van der Waals surface area contributed by atoms with E-state index in [4.69, 9.17) is 4.74 Å². The number of sulfonamides is 1. The first-order valence-corrected chi connectivity index (χ1v) is 10.2. The molecule has 0 saturated heterocycles. The van der Waals surface area contributed by atoms with Crippen LogP contribution in [0.4, 0.5) is 0 Å². The number of hydrazine groups is 1. The molecule has 29 heavy (non-hydrogen) atoms. The highest BCUT2D eigenvalue weighted by atomic mass is 32.2. The summed E-state index contributed by atoms with van der Waals surface area (Å²) in [5.41, 5.74) is 4.72. The molecule has 2 aromatic carbocycles. The zero-order chi connectivity index (χ0) is 21.3. The van der Waals surface area contributed by atoms with Gasteiger partial charge in [0, 0.05) is 12.1 Å². The van der Waals surface area contributed by atoms with E-state index in [9.17, 15) is 22.8 Å². The molecule has 9 nitrogen and oxygen atoms in total. The number of esters is 1. The lowest BCUT2D eigenvalue weighted by molar-refractivity contribution is -0.154. The van der Waals surface area contributed by atoms with E-state index in [-0.39, 0.29) is 17.9 Å². The van der Waals surface area contributed by atoms with Crippen molar-refractivity contribution in [2.24, 2.45) is 0 Å². The van der Waals surface area contributed by atoms with Crippen LogP contribution in [0.15, 0.2) is 65.6 Å². The van der Waals surface area contributed by atoms with Crippen molar-refractivity contribution < 1.29 is 27.5 Å². The molecule has 0 aliphatic heterocycles. The third kappa shape index (κ3) is 7.01.